The maximum absolute atomic E-state index is 2.48. The van der Waals surface area contributed by atoms with Crippen LogP contribution in [0, 0.1) is 0 Å². The van der Waals surface area contributed by atoms with Crippen LogP contribution in [0.4, 0.5) is 0 Å². The normalized spacial score (nSPS) is 16.8. The summed E-state index contributed by atoms with van der Waals surface area (Å²) in [6, 6.07) is 36.6. The Hall–Kier alpha value is -4.16. The number of benzene rings is 5. The smallest absolute Gasteiger partial charge is 0.0358 e. The molecule has 1 unspecified atom stereocenters. The Kier molecular flexibility index (Phi) is 3.27. The van der Waals surface area contributed by atoms with Gasteiger partial charge in [-0.2, -0.15) is 0 Å². The third-order valence-electron chi connectivity index (χ3n) is 8.81. The molecule has 0 bridgehead atoms. The molecule has 0 fully saturated rings. The van der Waals surface area contributed by atoms with Gasteiger partial charge in [-0.1, -0.05) is 97.1 Å². The summed E-state index contributed by atoms with van der Waals surface area (Å²) in [7, 11) is 0. The zero-order valence-electron chi connectivity index (χ0n) is 19.3. The van der Waals surface area contributed by atoms with Crippen LogP contribution in [0.2, 0.25) is 0 Å². The van der Waals surface area contributed by atoms with Crippen molar-refractivity contribution >= 4 is 11.6 Å². The van der Waals surface area contributed by atoms with Gasteiger partial charge in [-0.25, -0.2) is 0 Å². The minimum absolute atomic E-state index is 0.318. The lowest BCUT2D eigenvalue weighted by molar-refractivity contribution is 1.04. The van der Waals surface area contributed by atoms with Crippen LogP contribution in [0.25, 0.3) is 45.0 Å². The molecule has 1 atom stereocenters. The van der Waals surface area contributed by atoms with Crippen molar-refractivity contribution in [2.45, 2.75) is 18.8 Å². The number of hydrogen-bond donors (Lipinski definition) is 0. The van der Waals surface area contributed by atoms with Crippen molar-refractivity contribution in [3.8, 4) is 33.4 Å². The zero-order valence-corrected chi connectivity index (χ0v) is 19.3. The Morgan fingerprint density at radius 3 is 1.83 bits per heavy atom. The number of allylic oxidation sites excluding steroid dienone is 1. The Balaban J connectivity index is 1.39. The second-order valence-corrected chi connectivity index (χ2v) is 10.4. The van der Waals surface area contributed by atoms with Crippen molar-refractivity contribution in [1.29, 1.82) is 0 Å². The van der Waals surface area contributed by atoms with Gasteiger partial charge in [-0.05, 0) is 102 Å². The van der Waals surface area contributed by atoms with Crippen molar-refractivity contribution in [1.82, 2.24) is 0 Å². The highest BCUT2D eigenvalue weighted by atomic mass is 14.4. The average molecular weight is 443 g/mol. The van der Waals surface area contributed by atoms with Crippen LogP contribution in [-0.4, -0.2) is 0 Å². The van der Waals surface area contributed by atoms with Crippen LogP contribution < -0.4 is 0 Å². The zero-order chi connectivity index (χ0) is 22.7. The van der Waals surface area contributed by atoms with E-state index in [1.54, 1.807) is 0 Å². The minimum atomic E-state index is 0.318. The van der Waals surface area contributed by atoms with E-state index >= 15 is 0 Å². The lowest BCUT2D eigenvalue weighted by Gasteiger charge is -2.32. The standard InChI is InChI=1S/C35H22/c1-4-10-23-20(7-1)17-30-26(23)13-15-28-33-25-12-6-3-9-22(25)19-32(33)35-29(34(28)30)16-14-27-24-11-5-2-8-21(24)18-31(27)35/h1-16,19,33H,17-18H2. The molecule has 0 N–H and O–H groups in total. The molecular weight excluding hydrogens is 420 g/mol. The quantitative estimate of drug-likeness (QED) is 0.221. The molecule has 0 amide bonds. The lowest BCUT2D eigenvalue weighted by atomic mass is 9.71. The maximum Gasteiger partial charge on any atom is 0.0358 e. The Labute approximate surface area is 205 Å². The molecule has 4 aliphatic rings. The Bertz CT molecular complexity index is 1800. The van der Waals surface area contributed by atoms with E-state index in [-0.39, 0.29) is 0 Å². The van der Waals surface area contributed by atoms with Gasteiger partial charge in [0, 0.05) is 5.92 Å². The first kappa shape index (κ1) is 18.2. The van der Waals surface area contributed by atoms with Gasteiger partial charge in [-0.15, -0.1) is 0 Å². The predicted molar refractivity (Wildman–Crippen MR) is 145 cm³/mol. The molecule has 0 saturated carbocycles. The largest absolute Gasteiger partial charge is 0.0619 e. The van der Waals surface area contributed by atoms with Crippen molar-refractivity contribution in [2.75, 3.05) is 0 Å². The van der Waals surface area contributed by atoms with E-state index in [4.69, 9.17) is 0 Å². The molecule has 0 aliphatic heterocycles. The van der Waals surface area contributed by atoms with Crippen LogP contribution >= 0.6 is 0 Å². The van der Waals surface area contributed by atoms with Gasteiger partial charge >= 0.3 is 0 Å². The second kappa shape index (κ2) is 6.29. The molecular formula is C35H22. The molecule has 35 heavy (non-hydrogen) atoms. The third-order valence-corrected chi connectivity index (χ3v) is 8.81. The van der Waals surface area contributed by atoms with Gasteiger partial charge in [0.2, 0.25) is 0 Å². The van der Waals surface area contributed by atoms with Gasteiger partial charge < -0.3 is 0 Å². The molecule has 0 saturated heterocycles. The Morgan fingerprint density at radius 2 is 1.06 bits per heavy atom. The van der Waals surface area contributed by atoms with E-state index in [2.05, 4.69) is 103 Å². The first-order valence-corrected chi connectivity index (χ1v) is 12.7. The highest BCUT2D eigenvalue weighted by molar-refractivity contribution is 6.07. The van der Waals surface area contributed by atoms with Crippen LogP contribution in [0.3, 0.4) is 0 Å². The highest BCUT2D eigenvalue weighted by Crippen LogP contribution is 2.59. The summed E-state index contributed by atoms with van der Waals surface area (Å²) in [6.07, 6.45) is 4.53. The molecule has 5 aromatic carbocycles. The van der Waals surface area contributed by atoms with E-state index in [9.17, 15) is 0 Å². The molecule has 0 nitrogen and oxygen atoms in total. The molecule has 162 valence electrons. The summed E-state index contributed by atoms with van der Waals surface area (Å²) in [6.45, 7) is 0. The van der Waals surface area contributed by atoms with E-state index in [0.29, 0.717) is 5.92 Å². The molecule has 0 heterocycles. The fourth-order valence-corrected chi connectivity index (χ4v) is 7.41. The number of fused-ring (bicyclic) bond motifs is 16. The molecule has 0 spiro atoms. The third kappa shape index (κ3) is 2.19. The second-order valence-electron chi connectivity index (χ2n) is 10.4. The van der Waals surface area contributed by atoms with Crippen molar-refractivity contribution in [2.24, 2.45) is 0 Å². The summed E-state index contributed by atoms with van der Waals surface area (Å²) in [4.78, 5) is 0. The summed E-state index contributed by atoms with van der Waals surface area (Å²) in [5.41, 5.74) is 21.9. The van der Waals surface area contributed by atoms with Gasteiger partial charge in [-0.3, -0.25) is 0 Å². The SMILES string of the molecule is C1=C2c3c(ccc4c3Cc3ccccc3-4)-c3c(ccc4c3Cc3ccccc3-4)C2c2ccccc21. The Morgan fingerprint density at radius 1 is 0.457 bits per heavy atom. The van der Waals surface area contributed by atoms with Gasteiger partial charge in [0.15, 0.2) is 0 Å². The summed E-state index contributed by atoms with van der Waals surface area (Å²) < 4.78 is 0. The van der Waals surface area contributed by atoms with Crippen LogP contribution in [0.15, 0.2) is 97.1 Å². The fourth-order valence-electron chi connectivity index (χ4n) is 7.41. The highest BCUT2D eigenvalue weighted by Gasteiger charge is 2.40. The molecule has 0 radical (unpaired) electrons. The maximum atomic E-state index is 2.48. The van der Waals surface area contributed by atoms with Crippen LogP contribution in [0.5, 0.6) is 0 Å². The van der Waals surface area contributed by atoms with Gasteiger partial charge in [0.05, 0.1) is 0 Å². The van der Waals surface area contributed by atoms with E-state index < -0.39 is 0 Å². The van der Waals surface area contributed by atoms with E-state index in [0.717, 1.165) is 12.8 Å². The molecule has 0 heteroatoms. The van der Waals surface area contributed by atoms with Gasteiger partial charge in [0.25, 0.3) is 0 Å². The minimum Gasteiger partial charge on any atom is -0.0619 e. The van der Waals surface area contributed by atoms with Gasteiger partial charge in [0.1, 0.15) is 0 Å². The topological polar surface area (TPSA) is 0 Å². The fraction of sp³-hybridized carbons (Fsp3) is 0.0857. The number of rotatable bonds is 0. The average Bonchev–Trinajstić information content (AvgIpc) is 3.59. The van der Waals surface area contributed by atoms with E-state index in [1.807, 2.05) is 0 Å². The van der Waals surface area contributed by atoms with Crippen LogP contribution in [0.1, 0.15) is 50.4 Å². The monoisotopic (exact) mass is 442 g/mol. The molecule has 9 rings (SSSR count). The van der Waals surface area contributed by atoms with Crippen molar-refractivity contribution in [3.63, 3.8) is 0 Å². The van der Waals surface area contributed by atoms with Crippen LogP contribution in [-0.2, 0) is 12.8 Å². The van der Waals surface area contributed by atoms with E-state index in [1.165, 1.54) is 83.5 Å². The molecule has 4 aliphatic carbocycles. The first-order valence-electron chi connectivity index (χ1n) is 12.7. The predicted octanol–water partition coefficient (Wildman–Crippen LogP) is 8.50. The summed E-state index contributed by atoms with van der Waals surface area (Å²) in [5.74, 6) is 0.318. The number of hydrogen-bond acceptors (Lipinski definition) is 0. The molecule has 0 aromatic heterocycles. The molecule has 5 aromatic rings. The van der Waals surface area contributed by atoms with Crippen molar-refractivity contribution in [3.05, 3.63) is 142 Å². The first-order chi connectivity index (χ1) is 17.4. The summed E-state index contributed by atoms with van der Waals surface area (Å²) >= 11 is 0. The van der Waals surface area contributed by atoms with Crippen molar-refractivity contribution < 1.29 is 0 Å². The lowest BCUT2D eigenvalue weighted by Crippen LogP contribution is -2.13. The summed E-state index contributed by atoms with van der Waals surface area (Å²) in [5, 5.41) is 0.